The maximum absolute atomic E-state index is 10.2. The monoisotopic (exact) mass is 157 g/mol. The first kappa shape index (κ1) is 9.01. The van der Waals surface area contributed by atoms with Gasteiger partial charge in [0.1, 0.15) is 0 Å². The van der Waals surface area contributed by atoms with E-state index in [2.05, 4.69) is 20.8 Å². The highest BCUT2D eigenvalue weighted by atomic mass is 16.3. The van der Waals surface area contributed by atoms with E-state index in [1.54, 1.807) is 0 Å². The number of hydrogen-bond donors (Lipinski definition) is 2. The molecule has 0 heterocycles. The molecule has 0 aliphatic heterocycles. The Balaban J connectivity index is 2.73. The van der Waals surface area contributed by atoms with Gasteiger partial charge in [0.25, 0.3) is 0 Å². The third kappa shape index (κ3) is 1.42. The molecular weight excluding hydrogens is 138 g/mol. The molecule has 0 spiro atoms. The molecule has 3 N–H and O–H groups in total. The summed E-state index contributed by atoms with van der Waals surface area (Å²) in [5, 5.41) is 10.2. The van der Waals surface area contributed by atoms with Crippen molar-refractivity contribution in [2.75, 3.05) is 6.54 Å². The van der Waals surface area contributed by atoms with Crippen LogP contribution in [0.5, 0.6) is 0 Å². The summed E-state index contributed by atoms with van der Waals surface area (Å²) in [5.74, 6) is 0.451. The number of nitrogens with two attached hydrogens (primary N) is 1. The number of hydrogen-bond acceptors (Lipinski definition) is 2. The second kappa shape index (κ2) is 2.46. The zero-order valence-electron chi connectivity index (χ0n) is 7.72. The third-order valence-corrected chi connectivity index (χ3v) is 2.86. The average molecular weight is 157 g/mol. The van der Waals surface area contributed by atoms with E-state index in [1.807, 2.05) is 0 Å². The molecule has 0 saturated heterocycles. The lowest BCUT2D eigenvalue weighted by Gasteiger charge is -2.39. The van der Waals surface area contributed by atoms with Crippen LogP contribution < -0.4 is 5.73 Å². The molecule has 0 aromatic rings. The normalized spacial score (nSPS) is 24.8. The van der Waals surface area contributed by atoms with Crippen molar-refractivity contribution in [1.82, 2.24) is 0 Å². The van der Waals surface area contributed by atoms with E-state index in [4.69, 9.17) is 5.73 Å². The fourth-order valence-corrected chi connectivity index (χ4v) is 1.65. The van der Waals surface area contributed by atoms with Gasteiger partial charge in [0.05, 0.1) is 5.60 Å². The molecule has 66 valence electrons. The van der Waals surface area contributed by atoms with Crippen LogP contribution in [0.2, 0.25) is 0 Å². The zero-order chi connectivity index (χ0) is 8.70. The van der Waals surface area contributed by atoms with Crippen molar-refractivity contribution in [2.24, 2.45) is 17.1 Å². The van der Waals surface area contributed by atoms with Crippen LogP contribution in [-0.2, 0) is 0 Å². The van der Waals surface area contributed by atoms with Gasteiger partial charge in [-0.15, -0.1) is 0 Å². The summed E-state index contributed by atoms with van der Waals surface area (Å²) < 4.78 is 0. The predicted molar refractivity (Wildman–Crippen MR) is 46.2 cm³/mol. The second-order valence-corrected chi connectivity index (χ2v) is 4.65. The molecule has 1 atom stereocenters. The van der Waals surface area contributed by atoms with Gasteiger partial charge in [-0.05, 0) is 24.2 Å². The van der Waals surface area contributed by atoms with E-state index in [-0.39, 0.29) is 5.41 Å². The Hall–Kier alpha value is -0.0800. The van der Waals surface area contributed by atoms with Crippen molar-refractivity contribution in [2.45, 2.75) is 39.2 Å². The van der Waals surface area contributed by atoms with Crippen LogP contribution >= 0.6 is 0 Å². The fraction of sp³-hybridized carbons (Fsp3) is 1.00. The Labute approximate surface area is 68.8 Å². The van der Waals surface area contributed by atoms with Crippen molar-refractivity contribution >= 4 is 0 Å². The van der Waals surface area contributed by atoms with Crippen molar-refractivity contribution < 1.29 is 5.11 Å². The molecule has 1 fully saturated rings. The summed E-state index contributed by atoms with van der Waals surface area (Å²) in [5.41, 5.74) is 4.87. The Morgan fingerprint density at radius 1 is 1.36 bits per heavy atom. The molecule has 1 aliphatic carbocycles. The van der Waals surface area contributed by atoms with Crippen LogP contribution in [0.3, 0.4) is 0 Å². The quantitative estimate of drug-likeness (QED) is 0.631. The number of rotatable bonds is 2. The molecule has 0 radical (unpaired) electrons. The fourth-order valence-electron chi connectivity index (χ4n) is 1.65. The summed E-state index contributed by atoms with van der Waals surface area (Å²) in [4.78, 5) is 0. The van der Waals surface area contributed by atoms with E-state index < -0.39 is 5.60 Å². The smallest absolute Gasteiger partial charge is 0.0845 e. The minimum absolute atomic E-state index is 0.0804. The van der Waals surface area contributed by atoms with Gasteiger partial charge < -0.3 is 10.8 Å². The van der Waals surface area contributed by atoms with Crippen LogP contribution in [0.1, 0.15) is 33.6 Å². The highest BCUT2D eigenvalue weighted by molar-refractivity contribution is 5.02. The van der Waals surface area contributed by atoms with Crippen molar-refractivity contribution in [3.8, 4) is 0 Å². The van der Waals surface area contributed by atoms with Crippen LogP contribution in [0, 0.1) is 11.3 Å². The van der Waals surface area contributed by atoms with Crippen molar-refractivity contribution in [3.63, 3.8) is 0 Å². The van der Waals surface area contributed by atoms with Gasteiger partial charge in [-0.25, -0.2) is 0 Å². The maximum atomic E-state index is 10.2. The lowest BCUT2D eigenvalue weighted by molar-refractivity contribution is -0.0683. The molecule has 0 amide bonds. The summed E-state index contributed by atoms with van der Waals surface area (Å²) in [6, 6.07) is 0. The molecule has 0 bridgehead atoms. The Morgan fingerprint density at radius 3 is 1.91 bits per heavy atom. The highest BCUT2D eigenvalue weighted by Gasteiger charge is 2.50. The molecule has 0 aromatic carbocycles. The van der Waals surface area contributed by atoms with Crippen LogP contribution in [0.25, 0.3) is 0 Å². The maximum Gasteiger partial charge on any atom is 0.0845 e. The van der Waals surface area contributed by atoms with Gasteiger partial charge in [0, 0.05) is 6.54 Å². The van der Waals surface area contributed by atoms with Crippen LogP contribution in [0.15, 0.2) is 0 Å². The molecule has 1 saturated carbocycles. The van der Waals surface area contributed by atoms with E-state index in [9.17, 15) is 5.11 Å². The summed E-state index contributed by atoms with van der Waals surface area (Å²) in [7, 11) is 0. The first-order valence-electron chi connectivity index (χ1n) is 4.34. The average Bonchev–Trinajstić information content (AvgIpc) is 2.64. The molecule has 2 heteroatoms. The first-order chi connectivity index (χ1) is 4.92. The molecule has 1 rings (SSSR count). The molecule has 1 aliphatic rings. The Morgan fingerprint density at radius 2 is 1.82 bits per heavy atom. The van der Waals surface area contributed by atoms with E-state index in [0.29, 0.717) is 12.5 Å². The van der Waals surface area contributed by atoms with Crippen molar-refractivity contribution in [1.29, 1.82) is 0 Å². The SMILES string of the molecule is CC(C)(C)C(O)(CN)C1CC1. The standard InChI is InChI=1S/C9H19NO/c1-8(2,3)9(11,6-10)7-4-5-7/h7,11H,4-6,10H2,1-3H3. The largest absolute Gasteiger partial charge is 0.388 e. The topological polar surface area (TPSA) is 46.2 Å². The van der Waals surface area contributed by atoms with Crippen molar-refractivity contribution in [3.05, 3.63) is 0 Å². The first-order valence-corrected chi connectivity index (χ1v) is 4.34. The molecule has 2 nitrogen and oxygen atoms in total. The van der Waals surface area contributed by atoms with Gasteiger partial charge in [-0.2, -0.15) is 0 Å². The molecule has 1 unspecified atom stereocenters. The zero-order valence-corrected chi connectivity index (χ0v) is 7.72. The van der Waals surface area contributed by atoms with E-state index >= 15 is 0 Å². The minimum Gasteiger partial charge on any atom is -0.388 e. The summed E-state index contributed by atoms with van der Waals surface area (Å²) in [6.07, 6.45) is 2.29. The molecular formula is C9H19NO. The lowest BCUT2D eigenvalue weighted by atomic mass is 9.73. The third-order valence-electron chi connectivity index (χ3n) is 2.86. The van der Waals surface area contributed by atoms with Gasteiger partial charge in [0.15, 0.2) is 0 Å². The van der Waals surface area contributed by atoms with E-state index in [0.717, 1.165) is 12.8 Å². The summed E-state index contributed by atoms with van der Waals surface area (Å²) >= 11 is 0. The Bertz CT molecular complexity index is 146. The van der Waals surface area contributed by atoms with Crippen LogP contribution in [-0.4, -0.2) is 17.3 Å². The molecule has 11 heavy (non-hydrogen) atoms. The minimum atomic E-state index is -0.632. The predicted octanol–water partition coefficient (Wildman–Crippen LogP) is 1.13. The van der Waals surface area contributed by atoms with E-state index in [1.165, 1.54) is 0 Å². The van der Waals surface area contributed by atoms with Gasteiger partial charge in [-0.1, -0.05) is 20.8 Å². The highest BCUT2D eigenvalue weighted by Crippen LogP contribution is 2.47. The van der Waals surface area contributed by atoms with Gasteiger partial charge in [-0.3, -0.25) is 0 Å². The number of aliphatic hydroxyl groups is 1. The Kier molecular flexibility index (Phi) is 2.01. The van der Waals surface area contributed by atoms with Gasteiger partial charge >= 0.3 is 0 Å². The molecule has 0 aromatic heterocycles. The summed E-state index contributed by atoms with van der Waals surface area (Å²) in [6.45, 7) is 6.55. The van der Waals surface area contributed by atoms with Gasteiger partial charge in [0.2, 0.25) is 0 Å². The van der Waals surface area contributed by atoms with Crippen LogP contribution in [0.4, 0.5) is 0 Å². The second-order valence-electron chi connectivity index (χ2n) is 4.65. The lowest BCUT2D eigenvalue weighted by Crippen LogP contribution is -2.51.